The number of anilines is 1. The van der Waals surface area contributed by atoms with Crippen molar-refractivity contribution in [1.82, 2.24) is 10.1 Å². The number of hydrogen-bond acceptors (Lipinski definition) is 5. The van der Waals surface area contributed by atoms with E-state index >= 15 is 0 Å². The number of nitrogens with zero attached hydrogens (tertiary/aromatic N) is 2. The van der Waals surface area contributed by atoms with Gasteiger partial charge in [0.05, 0.1) is 17.4 Å². The van der Waals surface area contributed by atoms with E-state index in [-0.39, 0.29) is 11.6 Å². The van der Waals surface area contributed by atoms with E-state index in [0.717, 1.165) is 22.7 Å². The predicted molar refractivity (Wildman–Crippen MR) is 73.9 cm³/mol. The van der Waals surface area contributed by atoms with Crippen LogP contribution in [0.3, 0.4) is 0 Å². The first kappa shape index (κ1) is 14.0. The van der Waals surface area contributed by atoms with Gasteiger partial charge in [-0.05, 0) is 33.8 Å². The minimum Gasteiger partial charge on any atom is -0.478 e. The smallest absolute Gasteiger partial charge is 0.339 e. The van der Waals surface area contributed by atoms with Crippen molar-refractivity contribution >= 4 is 11.7 Å². The fourth-order valence-electron chi connectivity index (χ4n) is 2.26. The van der Waals surface area contributed by atoms with Crippen LogP contribution in [0.1, 0.15) is 46.0 Å². The summed E-state index contributed by atoms with van der Waals surface area (Å²) in [6.07, 6.45) is 1.36. The molecular formula is C14H17N3O3. The van der Waals surface area contributed by atoms with Gasteiger partial charge in [-0.15, -0.1) is 0 Å². The van der Waals surface area contributed by atoms with Crippen molar-refractivity contribution in [2.75, 3.05) is 5.32 Å². The van der Waals surface area contributed by atoms with Crippen molar-refractivity contribution in [1.29, 1.82) is 0 Å². The van der Waals surface area contributed by atoms with Crippen LogP contribution in [0.2, 0.25) is 0 Å². The van der Waals surface area contributed by atoms with Gasteiger partial charge in [0.2, 0.25) is 0 Å². The van der Waals surface area contributed by atoms with Crippen LogP contribution in [-0.4, -0.2) is 21.2 Å². The van der Waals surface area contributed by atoms with Crippen molar-refractivity contribution in [2.45, 2.75) is 33.7 Å². The van der Waals surface area contributed by atoms with E-state index in [1.54, 1.807) is 6.07 Å². The van der Waals surface area contributed by atoms with Crippen LogP contribution >= 0.6 is 0 Å². The number of carbonyl (C=O) groups is 1. The molecule has 0 saturated carbocycles. The second-order valence-electron chi connectivity index (χ2n) is 4.78. The molecule has 1 atom stereocenters. The highest BCUT2D eigenvalue weighted by atomic mass is 16.5. The normalized spacial score (nSPS) is 12.2. The Morgan fingerprint density at radius 1 is 1.40 bits per heavy atom. The van der Waals surface area contributed by atoms with E-state index in [9.17, 15) is 9.90 Å². The Balaban J connectivity index is 2.35. The fourth-order valence-corrected chi connectivity index (χ4v) is 2.26. The second kappa shape index (κ2) is 5.32. The highest BCUT2D eigenvalue weighted by Gasteiger charge is 2.19. The summed E-state index contributed by atoms with van der Waals surface area (Å²) in [6, 6.07) is 1.61. The van der Waals surface area contributed by atoms with Crippen LogP contribution < -0.4 is 5.32 Å². The topological polar surface area (TPSA) is 88.2 Å². The lowest BCUT2D eigenvalue weighted by Crippen LogP contribution is -2.12. The lowest BCUT2D eigenvalue weighted by molar-refractivity contribution is 0.0697. The Bertz CT molecular complexity index is 630. The van der Waals surface area contributed by atoms with Gasteiger partial charge in [-0.25, -0.2) is 4.79 Å². The third kappa shape index (κ3) is 2.64. The molecule has 0 bridgehead atoms. The summed E-state index contributed by atoms with van der Waals surface area (Å²) < 4.78 is 5.14. The molecule has 2 aromatic rings. The molecule has 2 N–H and O–H groups in total. The van der Waals surface area contributed by atoms with Gasteiger partial charge >= 0.3 is 5.97 Å². The monoisotopic (exact) mass is 275 g/mol. The van der Waals surface area contributed by atoms with E-state index in [1.807, 2.05) is 27.7 Å². The molecule has 6 heteroatoms. The predicted octanol–water partition coefficient (Wildman–Crippen LogP) is 2.87. The minimum absolute atomic E-state index is 0.110. The molecule has 2 rings (SSSR count). The molecule has 2 heterocycles. The van der Waals surface area contributed by atoms with Crippen molar-refractivity contribution in [3.63, 3.8) is 0 Å². The summed E-state index contributed by atoms with van der Waals surface area (Å²) >= 11 is 0. The number of nitrogens with one attached hydrogen (secondary N) is 1. The molecule has 0 aromatic carbocycles. The molecule has 0 aliphatic rings. The van der Waals surface area contributed by atoms with Gasteiger partial charge in [0.1, 0.15) is 11.3 Å². The third-order valence-electron chi connectivity index (χ3n) is 3.16. The van der Waals surface area contributed by atoms with Crippen molar-refractivity contribution in [3.8, 4) is 0 Å². The Labute approximate surface area is 116 Å². The molecule has 0 spiro atoms. The average Bonchev–Trinajstić information content (AvgIpc) is 2.68. The van der Waals surface area contributed by atoms with Crippen LogP contribution in [-0.2, 0) is 0 Å². The Morgan fingerprint density at radius 2 is 2.10 bits per heavy atom. The molecule has 20 heavy (non-hydrogen) atoms. The lowest BCUT2D eigenvalue weighted by atomic mass is 10.1. The van der Waals surface area contributed by atoms with Crippen LogP contribution in [0.4, 0.5) is 5.69 Å². The minimum atomic E-state index is -1.01. The summed E-state index contributed by atoms with van der Waals surface area (Å²) in [4.78, 5) is 15.2. The number of aromatic nitrogens is 2. The highest BCUT2D eigenvalue weighted by molar-refractivity contribution is 5.93. The Morgan fingerprint density at radius 3 is 2.65 bits per heavy atom. The highest BCUT2D eigenvalue weighted by Crippen LogP contribution is 2.26. The Kier molecular flexibility index (Phi) is 3.74. The van der Waals surface area contributed by atoms with E-state index in [4.69, 9.17) is 4.52 Å². The van der Waals surface area contributed by atoms with E-state index in [2.05, 4.69) is 15.5 Å². The summed E-state index contributed by atoms with van der Waals surface area (Å²) in [5, 5.41) is 16.3. The number of carboxylic acids is 1. The molecule has 0 saturated heterocycles. The van der Waals surface area contributed by atoms with Gasteiger partial charge in [-0.2, -0.15) is 0 Å². The zero-order valence-electron chi connectivity index (χ0n) is 11.9. The molecule has 0 aliphatic heterocycles. The first-order valence-electron chi connectivity index (χ1n) is 6.29. The standard InChI is InChI=1S/C14H17N3O3/c1-7-5-12(11(6-15-7)14(18)19)16-8(2)13-9(3)17-20-10(13)4/h5-6,8H,1-4H3,(H,15,16)(H,18,19). The first-order chi connectivity index (χ1) is 9.40. The third-order valence-corrected chi connectivity index (χ3v) is 3.16. The summed E-state index contributed by atoms with van der Waals surface area (Å²) in [5.41, 5.74) is 3.18. The van der Waals surface area contributed by atoms with Crippen LogP contribution in [0.15, 0.2) is 16.8 Å². The van der Waals surface area contributed by atoms with Gasteiger partial charge in [-0.1, -0.05) is 5.16 Å². The maximum atomic E-state index is 11.2. The zero-order valence-corrected chi connectivity index (χ0v) is 11.9. The lowest BCUT2D eigenvalue weighted by Gasteiger charge is -2.17. The van der Waals surface area contributed by atoms with E-state index < -0.39 is 5.97 Å². The number of carboxylic acid groups (broad SMARTS) is 1. The van der Waals surface area contributed by atoms with Crippen molar-refractivity contribution in [2.24, 2.45) is 0 Å². The van der Waals surface area contributed by atoms with Crippen LogP contribution in [0.25, 0.3) is 0 Å². The van der Waals surface area contributed by atoms with Crippen molar-refractivity contribution < 1.29 is 14.4 Å². The maximum Gasteiger partial charge on any atom is 0.339 e. The quantitative estimate of drug-likeness (QED) is 0.892. The van der Waals surface area contributed by atoms with Gasteiger partial charge < -0.3 is 14.9 Å². The number of pyridine rings is 1. The summed E-state index contributed by atoms with van der Waals surface area (Å²) in [5.74, 6) is -0.281. The molecule has 2 aromatic heterocycles. The molecule has 0 fully saturated rings. The molecule has 0 aliphatic carbocycles. The SMILES string of the molecule is Cc1cc(NC(C)c2c(C)noc2C)c(C(=O)O)cn1. The molecule has 106 valence electrons. The summed E-state index contributed by atoms with van der Waals surface area (Å²) in [6.45, 7) is 7.45. The molecule has 1 unspecified atom stereocenters. The molecule has 6 nitrogen and oxygen atoms in total. The van der Waals surface area contributed by atoms with E-state index in [0.29, 0.717) is 5.69 Å². The maximum absolute atomic E-state index is 11.2. The second-order valence-corrected chi connectivity index (χ2v) is 4.78. The molecular weight excluding hydrogens is 258 g/mol. The van der Waals surface area contributed by atoms with Gasteiger partial charge in [-0.3, -0.25) is 4.98 Å². The van der Waals surface area contributed by atoms with Gasteiger partial charge in [0.15, 0.2) is 0 Å². The number of aryl methyl sites for hydroxylation is 3. The number of rotatable bonds is 4. The summed E-state index contributed by atoms with van der Waals surface area (Å²) in [7, 11) is 0. The Hall–Kier alpha value is -2.37. The average molecular weight is 275 g/mol. The van der Waals surface area contributed by atoms with Crippen LogP contribution in [0.5, 0.6) is 0 Å². The largest absolute Gasteiger partial charge is 0.478 e. The van der Waals surface area contributed by atoms with Gasteiger partial charge in [0.25, 0.3) is 0 Å². The number of hydrogen-bond donors (Lipinski definition) is 2. The van der Waals surface area contributed by atoms with Crippen LogP contribution in [0, 0.1) is 20.8 Å². The zero-order chi connectivity index (χ0) is 14.9. The van der Waals surface area contributed by atoms with Gasteiger partial charge in [0, 0.05) is 17.5 Å². The molecule has 0 amide bonds. The van der Waals surface area contributed by atoms with E-state index in [1.165, 1.54) is 6.20 Å². The first-order valence-corrected chi connectivity index (χ1v) is 6.29. The fraction of sp³-hybridized carbons (Fsp3) is 0.357. The van der Waals surface area contributed by atoms with Crippen molar-refractivity contribution in [3.05, 3.63) is 40.5 Å². The number of aromatic carboxylic acids is 1. The molecule has 0 radical (unpaired) electrons.